The van der Waals surface area contributed by atoms with Crippen molar-refractivity contribution in [3.63, 3.8) is 0 Å². The van der Waals surface area contributed by atoms with E-state index in [0.717, 1.165) is 17.0 Å². The van der Waals surface area contributed by atoms with Gasteiger partial charge in [0.15, 0.2) is 0 Å². The van der Waals surface area contributed by atoms with Gasteiger partial charge in [0.2, 0.25) is 5.95 Å². The molecule has 0 aliphatic rings. The van der Waals surface area contributed by atoms with Crippen LogP contribution >= 0.6 is 11.6 Å². The quantitative estimate of drug-likeness (QED) is 0.883. The molecule has 0 atom stereocenters. The number of benzene rings is 1. The van der Waals surface area contributed by atoms with Gasteiger partial charge < -0.3 is 10.4 Å². The van der Waals surface area contributed by atoms with Crippen molar-refractivity contribution in [3.05, 3.63) is 35.0 Å². The van der Waals surface area contributed by atoms with Crippen molar-refractivity contribution in [3.8, 4) is 11.3 Å². The van der Waals surface area contributed by atoms with Crippen LogP contribution < -0.4 is 5.32 Å². The summed E-state index contributed by atoms with van der Waals surface area (Å²) in [6.07, 6.45) is 0. The molecule has 2 rings (SSSR count). The first kappa shape index (κ1) is 12.7. The largest absolute Gasteiger partial charge is 0.395 e. The topological polar surface area (TPSA) is 70.9 Å². The molecule has 0 aliphatic heterocycles. The number of aryl methyl sites for hydroxylation is 1. The van der Waals surface area contributed by atoms with E-state index in [9.17, 15) is 0 Å². The monoisotopic (exact) mass is 264 g/mol. The highest BCUT2D eigenvalue weighted by Gasteiger charge is 2.07. The van der Waals surface area contributed by atoms with E-state index in [0.29, 0.717) is 17.5 Å². The van der Waals surface area contributed by atoms with Crippen LogP contribution in [-0.4, -0.2) is 33.4 Å². The van der Waals surface area contributed by atoms with Crippen LogP contribution in [0.1, 0.15) is 5.69 Å². The van der Waals surface area contributed by atoms with E-state index in [1.807, 2.05) is 19.1 Å². The van der Waals surface area contributed by atoms with Gasteiger partial charge in [-0.05, 0) is 19.1 Å². The predicted molar refractivity (Wildman–Crippen MR) is 70.6 cm³/mol. The second-order valence-electron chi connectivity index (χ2n) is 3.73. The summed E-state index contributed by atoms with van der Waals surface area (Å²) >= 11 is 5.84. The van der Waals surface area contributed by atoms with E-state index >= 15 is 0 Å². The number of rotatable bonds is 4. The number of aromatic nitrogens is 3. The van der Waals surface area contributed by atoms with E-state index in [4.69, 9.17) is 16.7 Å². The average Bonchev–Trinajstić information content (AvgIpc) is 2.38. The van der Waals surface area contributed by atoms with Gasteiger partial charge >= 0.3 is 0 Å². The number of hydrogen-bond acceptors (Lipinski definition) is 5. The van der Waals surface area contributed by atoms with Crippen LogP contribution in [0.5, 0.6) is 0 Å². The van der Waals surface area contributed by atoms with Gasteiger partial charge in [-0.2, -0.15) is 0 Å². The maximum atomic E-state index is 8.70. The Morgan fingerprint density at radius 2 is 1.94 bits per heavy atom. The number of halogens is 1. The summed E-state index contributed by atoms with van der Waals surface area (Å²) < 4.78 is 0. The fourth-order valence-electron chi connectivity index (χ4n) is 1.52. The Labute approximate surface area is 110 Å². The molecule has 18 heavy (non-hydrogen) atoms. The molecule has 6 heteroatoms. The minimum Gasteiger partial charge on any atom is -0.395 e. The molecule has 1 aromatic heterocycles. The Morgan fingerprint density at radius 1 is 1.22 bits per heavy atom. The van der Waals surface area contributed by atoms with Gasteiger partial charge in [0.1, 0.15) is 5.69 Å². The van der Waals surface area contributed by atoms with E-state index < -0.39 is 0 Å². The lowest BCUT2D eigenvalue weighted by molar-refractivity contribution is 0.310. The van der Waals surface area contributed by atoms with Crippen LogP contribution in [0.4, 0.5) is 5.95 Å². The normalized spacial score (nSPS) is 10.4. The molecule has 1 heterocycles. The highest BCUT2D eigenvalue weighted by molar-refractivity contribution is 6.30. The SMILES string of the molecule is Cc1nc(NCCO)nnc1-c1ccc(Cl)cc1. The zero-order valence-electron chi connectivity index (χ0n) is 9.89. The number of anilines is 1. The van der Waals surface area contributed by atoms with Crippen LogP contribution in [0.2, 0.25) is 5.02 Å². The first-order chi connectivity index (χ1) is 8.70. The Balaban J connectivity index is 2.26. The molecule has 2 N–H and O–H groups in total. The van der Waals surface area contributed by atoms with Crippen molar-refractivity contribution >= 4 is 17.5 Å². The predicted octanol–water partition coefficient (Wildman–Crippen LogP) is 1.90. The summed E-state index contributed by atoms with van der Waals surface area (Å²) in [5.41, 5.74) is 2.42. The molecule has 0 spiro atoms. The Kier molecular flexibility index (Phi) is 4.07. The van der Waals surface area contributed by atoms with Crippen molar-refractivity contribution in [1.29, 1.82) is 0 Å². The lowest BCUT2D eigenvalue weighted by Gasteiger charge is -2.06. The highest BCUT2D eigenvalue weighted by Crippen LogP contribution is 2.21. The van der Waals surface area contributed by atoms with Crippen LogP contribution in [0.25, 0.3) is 11.3 Å². The van der Waals surface area contributed by atoms with E-state index in [1.165, 1.54) is 0 Å². The molecule has 0 amide bonds. The second-order valence-corrected chi connectivity index (χ2v) is 4.16. The molecule has 2 aromatic rings. The zero-order chi connectivity index (χ0) is 13.0. The maximum Gasteiger partial charge on any atom is 0.243 e. The summed E-state index contributed by atoms with van der Waals surface area (Å²) in [5, 5.41) is 20.3. The Hall–Kier alpha value is -1.72. The molecule has 0 aliphatic carbocycles. The molecule has 5 nitrogen and oxygen atoms in total. The van der Waals surface area contributed by atoms with E-state index in [2.05, 4.69) is 20.5 Å². The van der Waals surface area contributed by atoms with Gasteiger partial charge in [-0.3, -0.25) is 0 Å². The Morgan fingerprint density at radius 3 is 2.56 bits per heavy atom. The van der Waals surface area contributed by atoms with Gasteiger partial charge in [-0.15, -0.1) is 10.2 Å². The van der Waals surface area contributed by atoms with Crippen molar-refractivity contribution in [1.82, 2.24) is 15.2 Å². The number of nitrogens with one attached hydrogen (secondary N) is 1. The maximum absolute atomic E-state index is 8.70. The average molecular weight is 265 g/mol. The minimum atomic E-state index is 0.0291. The van der Waals surface area contributed by atoms with Crippen molar-refractivity contribution in [2.45, 2.75) is 6.92 Å². The summed E-state index contributed by atoms with van der Waals surface area (Å²) in [6, 6.07) is 7.36. The molecule has 0 fully saturated rings. The van der Waals surface area contributed by atoms with Crippen molar-refractivity contribution in [2.75, 3.05) is 18.5 Å². The number of nitrogens with zero attached hydrogens (tertiary/aromatic N) is 3. The molecule has 94 valence electrons. The lowest BCUT2D eigenvalue weighted by atomic mass is 10.1. The third-order valence-corrected chi connectivity index (χ3v) is 2.63. The lowest BCUT2D eigenvalue weighted by Crippen LogP contribution is -2.10. The van der Waals surface area contributed by atoms with Gasteiger partial charge in [0.25, 0.3) is 0 Å². The summed E-state index contributed by atoms with van der Waals surface area (Å²) in [4.78, 5) is 4.28. The molecule has 0 radical (unpaired) electrons. The fourth-order valence-corrected chi connectivity index (χ4v) is 1.65. The third-order valence-electron chi connectivity index (χ3n) is 2.37. The Bertz CT molecular complexity index is 530. The molecule has 0 saturated heterocycles. The first-order valence-electron chi connectivity index (χ1n) is 5.52. The molecular formula is C12H13ClN4O. The molecular weight excluding hydrogens is 252 g/mol. The summed E-state index contributed by atoms with van der Waals surface area (Å²) in [7, 11) is 0. The fraction of sp³-hybridized carbons (Fsp3) is 0.250. The number of hydrogen-bond donors (Lipinski definition) is 2. The highest BCUT2D eigenvalue weighted by atomic mass is 35.5. The minimum absolute atomic E-state index is 0.0291. The van der Waals surface area contributed by atoms with E-state index in [1.54, 1.807) is 12.1 Å². The molecule has 1 aromatic carbocycles. The zero-order valence-corrected chi connectivity index (χ0v) is 10.6. The van der Waals surface area contributed by atoms with Crippen LogP contribution in [0, 0.1) is 6.92 Å². The van der Waals surface area contributed by atoms with Crippen LogP contribution in [-0.2, 0) is 0 Å². The molecule has 0 saturated carbocycles. The van der Waals surface area contributed by atoms with Gasteiger partial charge in [0.05, 0.1) is 12.3 Å². The van der Waals surface area contributed by atoms with Crippen LogP contribution in [0.15, 0.2) is 24.3 Å². The first-order valence-corrected chi connectivity index (χ1v) is 5.90. The van der Waals surface area contributed by atoms with Crippen molar-refractivity contribution < 1.29 is 5.11 Å². The second kappa shape index (κ2) is 5.75. The molecule has 0 unspecified atom stereocenters. The van der Waals surface area contributed by atoms with Crippen molar-refractivity contribution in [2.24, 2.45) is 0 Å². The van der Waals surface area contributed by atoms with Gasteiger partial charge in [-0.25, -0.2) is 4.98 Å². The standard InChI is InChI=1S/C12H13ClN4O/c1-8-11(9-2-4-10(13)5-3-9)16-17-12(15-8)14-6-7-18/h2-5,18H,6-7H2,1H3,(H,14,15,17). The van der Waals surface area contributed by atoms with Gasteiger partial charge in [-0.1, -0.05) is 23.7 Å². The molecule has 0 bridgehead atoms. The van der Waals surface area contributed by atoms with E-state index in [-0.39, 0.29) is 6.61 Å². The van der Waals surface area contributed by atoms with Crippen LogP contribution in [0.3, 0.4) is 0 Å². The van der Waals surface area contributed by atoms with Gasteiger partial charge in [0, 0.05) is 17.1 Å². The summed E-state index contributed by atoms with van der Waals surface area (Å²) in [6.45, 7) is 2.30. The smallest absolute Gasteiger partial charge is 0.243 e. The number of aliphatic hydroxyl groups excluding tert-OH is 1. The third kappa shape index (κ3) is 2.94. The summed E-state index contributed by atoms with van der Waals surface area (Å²) in [5.74, 6) is 0.416. The number of aliphatic hydroxyl groups is 1.